The number of amides is 1. The Kier molecular flexibility index (Phi) is 3.84. The van der Waals surface area contributed by atoms with Crippen molar-refractivity contribution in [2.24, 2.45) is 0 Å². The lowest BCUT2D eigenvalue weighted by atomic mass is 10.1. The smallest absolute Gasteiger partial charge is 0.252 e. The molecule has 106 valence electrons. The van der Waals surface area contributed by atoms with Crippen LogP contribution in [-0.2, 0) is 6.54 Å². The van der Waals surface area contributed by atoms with Gasteiger partial charge in [-0.2, -0.15) is 16.4 Å². The van der Waals surface area contributed by atoms with Crippen molar-refractivity contribution in [3.8, 4) is 0 Å². The van der Waals surface area contributed by atoms with Crippen molar-refractivity contribution in [3.05, 3.63) is 40.3 Å². The number of carbonyl (C=O) groups excluding carboxylic acids is 1. The van der Waals surface area contributed by atoms with Crippen LogP contribution in [0.2, 0.25) is 0 Å². The summed E-state index contributed by atoms with van der Waals surface area (Å²) in [5.74, 6) is 0.0103. The summed E-state index contributed by atoms with van der Waals surface area (Å²) >= 11 is 1.54. The summed E-state index contributed by atoms with van der Waals surface area (Å²) in [4.78, 5) is 14.2. The predicted molar refractivity (Wildman–Crippen MR) is 78.9 cm³/mol. The molecule has 0 aliphatic carbocycles. The minimum absolute atomic E-state index is 0.0103. The van der Waals surface area contributed by atoms with Crippen molar-refractivity contribution in [2.45, 2.75) is 19.0 Å². The molecule has 0 saturated carbocycles. The number of nitrogens with zero attached hydrogens (tertiary/aromatic N) is 3. The average molecular weight is 290 g/mol. The molecule has 20 heavy (non-hydrogen) atoms. The molecule has 2 aromatic heterocycles. The number of hydrogen-bond acceptors (Lipinski definition) is 4. The highest BCUT2D eigenvalue weighted by atomic mass is 32.1. The van der Waals surface area contributed by atoms with Crippen LogP contribution in [0.4, 0.5) is 0 Å². The monoisotopic (exact) mass is 290 g/mol. The second-order valence-corrected chi connectivity index (χ2v) is 5.95. The van der Waals surface area contributed by atoms with Crippen LogP contribution in [0.3, 0.4) is 0 Å². The lowest BCUT2D eigenvalue weighted by Gasteiger charge is -2.31. The Bertz CT molecular complexity index is 578. The molecule has 6 heteroatoms. The third-order valence-electron chi connectivity index (χ3n) is 3.60. The Morgan fingerprint density at radius 2 is 2.45 bits per heavy atom. The molecule has 0 bridgehead atoms. The maximum atomic E-state index is 11.9. The van der Waals surface area contributed by atoms with Crippen molar-refractivity contribution >= 4 is 17.2 Å². The van der Waals surface area contributed by atoms with Crippen LogP contribution in [0, 0.1) is 0 Å². The lowest BCUT2D eigenvalue weighted by molar-refractivity contribution is 0.0949. The Balaban J connectivity index is 1.56. The Labute approximate surface area is 122 Å². The number of thiophene rings is 1. The number of hydrogen-bond donors (Lipinski definition) is 1. The highest BCUT2D eigenvalue weighted by molar-refractivity contribution is 7.08. The van der Waals surface area contributed by atoms with Crippen molar-refractivity contribution in [2.75, 3.05) is 20.1 Å². The number of likely N-dealkylation sites (N-methyl/N-ethyl adjacent to an activating group) is 1. The van der Waals surface area contributed by atoms with Crippen LogP contribution in [0.1, 0.15) is 28.5 Å². The largest absolute Gasteiger partial charge is 0.352 e. The third-order valence-corrected chi connectivity index (χ3v) is 4.28. The third kappa shape index (κ3) is 2.76. The summed E-state index contributed by atoms with van der Waals surface area (Å²) in [5, 5.41) is 11.2. The number of rotatable bonds is 4. The molecule has 1 aliphatic rings. The first-order valence-electron chi connectivity index (χ1n) is 6.75. The number of fused-ring (bicyclic) bond motifs is 1. The molecule has 2 aromatic rings. The normalized spacial score (nSPS) is 18.8. The van der Waals surface area contributed by atoms with Gasteiger partial charge >= 0.3 is 0 Å². The second kappa shape index (κ2) is 5.76. The Hall–Kier alpha value is -1.66. The van der Waals surface area contributed by atoms with Crippen molar-refractivity contribution < 1.29 is 4.79 Å². The van der Waals surface area contributed by atoms with E-state index in [0.717, 1.165) is 25.1 Å². The molecule has 0 aromatic carbocycles. The average Bonchev–Trinajstić information content (AvgIpc) is 3.09. The van der Waals surface area contributed by atoms with Gasteiger partial charge in [0.2, 0.25) is 0 Å². The topological polar surface area (TPSA) is 50.2 Å². The first-order valence-corrected chi connectivity index (χ1v) is 7.69. The number of carbonyl (C=O) groups is 1. The van der Waals surface area contributed by atoms with Crippen LogP contribution in [0.5, 0.6) is 0 Å². The summed E-state index contributed by atoms with van der Waals surface area (Å²) in [7, 11) is 2.12. The molecule has 1 atom stereocenters. The lowest BCUT2D eigenvalue weighted by Crippen LogP contribution is -2.37. The standard InChI is InChI=1S/C14H18N4OS/c1-17-8-12(18-13(9-17)3-6-16-18)2-5-15-14(19)11-4-7-20-10-11/h3-4,6-7,10,12H,2,5,8-9H2,1H3,(H,15,19). The summed E-state index contributed by atoms with van der Waals surface area (Å²) in [5.41, 5.74) is 1.99. The van der Waals surface area contributed by atoms with Gasteiger partial charge in [0.15, 0.2) is 0 Å². The van der Waals surface area contributed by atoms with Crippen LogP contribution in [-0.4, -0.2) is 40.7 Å². The number of aromatic nitrogens is 2. The molecule has 0 radical (unpaired) electrons. The maximum Gasteiger partial charge on any atom is 0.252 e. The molecule has 1 unspecified atom stereocenters. The fraction of sp³-hybridized carbons (Fsp3) is 0.429. The molecule has 5 nitrogen and oxygen atoms in total. The Morgan fingerprint density at radius 1 is 1.55 bits per heavy atom. The Morgan fingerprint density at radius 3 is 3.25 bits per heavy atom. The first-order chi connectivity index (χ1) is 9.74. The molecule has 0 spiro atoms. The van der Waals surface area contributed by atoms with Gasteiger partial charge in [-0.1, -0.05) is 0 Å². The zero-order valence-corrected chi connectivity index (χ0v) is 12.3. The van der Waals surface area contributed by atoms with Gasteiger partial charge in [0.25, 0.3) is 5.91 Å². The molecule has 3 rings (SSSR count). The van der Waals surface area contributed by atoms with Crippen LogP contribution in [0.15, 0.2) is 29.1 Å². The van der Waals surface area contributed by atoms with Crippen molar-refractivity contribution in [1.29, 1.82) is 0 Å². The van der Waals surface area contributed by atoms with E-state index in [4.69, 9.17) is 0 Å². The molecule has 1 N–H and O–H groups in total. The minimum atomic E-state index is 0.0103. The number of nitrogens with one attached hydrogen (secondary N) is 1. The molecule has 3 heterocycles. The van der Waals surface area contributed by atoms with Gasteiger partial charge in [0.1, 0.15) is 0 Å². The van der Waals surface area contributed by atoms with Gasteiger partial charge in [-0.25, -0.2) is 0 Å². The SMILES string of the molecule is CN1Cc2ccnn2C(CCNC(=O)c2ccsc2)C1. The van der Waals surface area contributed by atoms with Gasteiger partial charge < -0.3 is 5.32 Å². The quantitative estimate of drug-likeness (QED) is 0.933. The van der Waals surface area contributed by atoms with Crippen LogP contribution >= 0.6 is 11.3 Å². The van der Waals surface area contributed by atoms with Gasteiger partial charge in [-0.05, 0) is 31.0 Å². The molecule has 1 aliphatic heterocycles. The zero-order chi connectivity index (χ0) is 13.9. The van der Waals surface area contributed by atoms with E-state index in [1.54, 1.807) is 0 Å². The van der Waals surface area contributed by atoms with E-state index in [0.29, 0.717) is 12.6 Å². The summed E-state index contributed by atoms with van der Waals surface area (Å²) in [6.07, 6.45) is 2.75. The fourth-order valence-corrected chi connectivity index (χ4v) is 3.27. The maximum absolute atomic E-state index is 11.9. The van der Waals surface area contributed by atoms with Gasteiger partial charge in [0.05, 0.1) is 11.7 Å². The molecular weight excluding hydrogens is 272 g/mol. The zero-order valence-electron chi connectivity index (χ0n) is 11.5. The second-order valence-electron chi connectivity index (χ2n) is 5.17. The van der Waals surface area contributed by atoms with Crippen LogP contribution in [0.25, 0.3) is 0 Å². The predicted octanol–water partition coefficient (Wildman–Crippen LogP) is 1.75. The summed E-state index contributed by atoms with van der Waals surface area (Å²) in [6.45, 7) is 2.59. The summed E-state index contributed by atoms with van der Waals surface area (Å²) < 4.78 is 2.09. The van der Waals surface area contributed by atoms with E-state index in [2.05, 4.69) is 33.1 Å². The van der Waals surface area contributed by atoms with Gasteiger partial charge in [-0.3, -0.25) is 14.4 Å². The van der Waals surface area contributed by atoms with Gasteiger partial charge in [-0.15, -0.1) is 0 Å². The van der Waals surface area contributed by atoms with E-state index in [1.165, 1.54) is 17.0 Å². The summed E-state index contributed by atoms with van der Waals surface area (Å²) in [6, 6.07) is 4.24. The van der Waals surface area contributed by atoms with Crippen LogP contribution < -0.4 is 5.32 Å². The fourth-order valence-electron chi connectivity index (χ4n) is 2.64. The highest BCUT2D eigenvalue weighted by Crippen LogP contribution is 2.21. The molecule has 0 saturated heterocycles. The van der Waals surface area contributed by atoms with E-state index in [1.807, 2.05) is 23.0 Å². The van der Waals surface area contributed by atoms with Crippen molar-refractivity contribution in [3.63, 3.8) is 0 Å². The van der Waals surface area contributed by atoms with E-state index in [-0.39, 0.29) is 5.91 Å². The minimum Gasteiger partial charge on any atom is -0.352 e. The highest BCUT2D eigenvalue weighted by Gasteiger charge is 2.23. The van der Waals surface area contributed by atoms with E-state index < -0.39 is 0 Å². The van der Waals surface area contributed by atoms with E-state index >= 15 is 0 Å². The van der Waals surface area contributed by atoms with Gasteiger partial charge in [0, 0.05) is 36.8 Å². The van der Waals surface area contributed by atoms with E-state index in [9.17, 15) is 4.79 Å². The molecule has 1 amide bonds. The first kappa shape index (κ1) is 13.3. The van der Waals surface area contributed by atoms with Crippen molar-refractivity contribution in [1.82, 2.24) is 20.0 Å². The molecule has 0 fully saturated rings. The molecular formula is C14H18N4OS.